The largest absolute Gasteiger partial charge is 0.493 e. The third kappa shape index (κ3) is 5.77. The number of methoxy groups -OCH3 is 2. The van der Waals surface area contributed by atoms with Gasteiger partial charge in [0, 0.05) is 20.2 Å². The van der Waals surface area contributed by atoms with E-state index in [0.29, 0.717) is 13.2 Å². The lowest BCUT2D eigenvalue weighted by Crippen LogP contribution is -2.18. The molecule has 0 amide bonds. The van der Waals surface area contributed by atoms with Crippen molar-refractivity contribution in [1.29, 1.82) is 0 Å². The van der Waals surface area contributed by atoms with Crippen molar-refractivity contribution in [1.82, 2.24) is 5.32 Å². The molecule has 0 saturated carbocycles. The normalized spacial score (nSPS) is 10.2. The Hall–Kier alpha value is -1.52. The zero-order valence-electron chi connectivity index (χ0n) is 11.8. The Kier molecular flexibility index (Phi) is 7.70. The van der Waals surface area contributed by atoms with Gasteiger partial charge in [0.2, 0.25) is 0 Å². The van der Waals surface area contributed by atoms with Gasteiger partial charge in [-0.15, -0.1) is 6.58 Å². The molecule has 0 spiro atoms. The summed E-state index contributed by atoms with van der Waals surface area (Å²) < 4.78 is 16.0. The fourth-order valence-electron chi connectivity index (χ4n) is 1.60. The molecule has 1 N–H and O–H groups in total. The van der Waals surface area contributed by atoms with Crippen molar-refractivity contribution >= 4 is 0 Å². The molecule has 4 nitrogen and oxygen atoms in total. The van der Waals surface area contributed by atoms with E-state index in [4.69, 9.17) is 14.2 Å². The smallest absolute Gasteiger partial charge is 0.161 e. The average molecular weight is 265 g/mol. The van der Waals surface area contributed by atoms with Crippen molar-refractivity contribution in [2.24, 2.45) is 0 Å². The van der Waals surface area contributed by atoms with Gasteiger partial charge in [-0.2, -0.15) is 0 Å². The molecule has 0 radical (unpaired) electrons. The van der Waals surface area contributed by atoms with E-state index < -0.39 is 0 Å². The molecule has 1 rings (SSSR count). The van der Waals surface area contributed by atoms with Crippen molar-refractivity contribution in [3.63, 3.8) is 0 Å². The van der Waals surface area contributed by atoms with Crippen LogP contribution < -0.4 is 14.8 Å². The highest BCUT2D eigenvalue weighted by Gasteiger charge is 2.05. The molecule has 0 aliphatic rings. The minimum Gasteiger partial charge on any atom is -0.493 e. The minimum absolute atomic E-state index is 0.616. The topological polar surface area (TPSA) is 39.7 Å². The number of nitrogens with one attached hydrogen (secondary N) is 1. The standard InChI is InChI=1S/C15H23NO3/c1-4-5-9-19-14-7-6-13(11-15(14)18-3)12-16-8-10-17-2/h4,6-7,11,16H,1,5,8-10,12H2,2-3H3. The second kappa shape index (κ2) is 9.42. The Balaban J connectivity index is 2.54. The Morgan fingerprint density at radius 1 is 1.21 bits per heavy atom. The van der Waals surface area contributed by atoms with Crippen molar-refractivity contribution in [2.75, 3.05) is 34.0 Å². The lowest BCUT2D eigenvalue weighted by Gasteiger charge is -2.12. The molecular formula is C15H23NO3. The maximum absolute atomic E-state index is 5.63. The molecule has 4 heteroatoms. The number of hydrogen-bond donors (Lipinski definition) is 1. The quantitative estimate of drug-likeness (QED) is 0.521. The van der Waals surface area contributed by atoms with Crippen LogP contribution in [0.5, 0.6) is 11.5 Å². The van der Waals surface area contributed by atoms with Gasteiger partial charge >= 0.3 is 0 Å². The summed E-state index contributed by atoms with van der Waals surface area (Å²) in [5.74, 6) is 1.53. The molecule has 0 saturated heterocycles. The highest BCUT2D eigenvalue weighted by Crippen LogP contribution is 2.28. The van der Waals surface area contributed by atoms with Gasteiger partial charge in [0.1, 0.15) is 0 Å². The Labute approximate surface area is 115 Å². The van der Waals surface area contributed by atoms with Crippen LogP contribution in [0.4, 0.5) is 0 Å². The molecule has 0 atom stereocenters. The predicted molar refractivity (Wildman–Crippen MR) is 76.9 cm³/mol. The predicted octanol–water partition coefficient (Wildman–Crippen LogP) is 2.39. The summed E-state index contributed by atoms with van der Waals surface area (Å²) in [5.41, 5.74) is 1.16. The molecule has 0 aromatic heterocycles. The highest BCUT2D eigenvalue weighted by atomic mass is 16.5. The van der Waals surface area contributed by atoms with Crippen LogP contribution in [0.3, 0.4) is 0 Å². The summed E-state index contributed by atoms with van der Waals surface area (Å²) in [6.45, 7) is 6.61. The molecule has 106 valence electrons. The van der Waals surface area contributed by atoms with E-state index in [-0.39, 0.29) is 0 Å². The van der Waals surface area contributed by atoms with Crippen molar-refractivity contribution in [3.05, 3.63) is 36.4 Å². The summed E-state index contributed by atoms with van der Waals surface area (Å²) in [6.07, 6.45) is 2.66. The zero-order chi connectivity index (χ0) is 13.9. The SMILES string of the molecule is C=CCCOc1ccc(CNCCOC)cc1OC. The molecule has 0 aliphatic heterocycles. The van der Waals surface area contributed by atoms with E-state index in [1.54, 1.807) is 14.2 Å². The lowest BCUT2D eigenvalue weighted by molar-refractivity contribution is 0.199. The number of benzene rings is 1. The third-order valence-corrected chi connectivity index (χ3v) is 2.62. The molecule has 0 fully saturated rings. The van der Waals surface area contributed by atoms with Gasteiger partial charge in [0.15, 0.2) is 11.5 Å². The van der Waals surface area contributed by atoms with Crippen molar-refractivity contribution < 1.29 is 14.2 Å². The third-order valence-electron chi connectivity index (χ3n) is 2.62. The molecule has 19 heavy (non-hydrogen) atoms. The van der Waals surface area contributed by atoms with Gasteiger partial charge in [0.25, 0.3) is 0 Å². The molecular weight excluding hydrogens is 242 g/mol. The van der Waals surface area contributed by atoms with Crippen LogP contribution in [0.25, 0.3) is 0 Å². The van der Waals surface area contributed by atoms with Gasteiger partial charge in [-0.3, -0.25) is 0 Å². The first-order valence-electron chi connectivity index (χ1n) is 6.42. The molecule has 0 unspecified atom stereocenters. The first kappa shape index (κ1) is 15.5. The summed E-state index contributed by atoms with van der Waals surface area (Å²) in [4.78, 5) is 0. The molecule has 0 aliphatic carbocycles. The summed E-state index contributed by atoms with van der Waals surface area (Å²) >= 11 is 0. The van der Waals surface area contributed by atoms with Crippen LogP contribution in [-0.4, -0.2) is 34.0 Å². The van der Waals surface area contributed by atoms with E-state index in [1.807, 2.05) is 24.3 Å². The number of ether oxygens (including phenoxy) is 3. The fourth-order valence-corrected chi connectivity index (χ4v) is 1.60. The Morgan fingerprint density at radius 3 is 2.74 bits per heavy atom. The summed E-state index contributed by atoms with van der Waals surface area (Å²) in [5, 5.41) is 3.29. The average Bonchev–Trinajstić information content (AvgIpc) is 2.45. The lowest BCUT2D eigenvalue weighted by atomic mass is 10.2. The minimum atomic E-state index is 0.616. The van der Waals surface area contributed by atoms with Crippen LogP contribution >= 0.6 is 0 Å². The maximum atomic E-state index is 5.63. The van der Waals surface area contributed by atoms with Gasteiger partial charge in [-0.05, 0) is 24.1 Å². The monoisotopic (exact) mass is 265 g/mol. The Morgan fingerprint density at radius 2 is 2.05 bits per heavy atom. The van der Waals surface area contributed by atoms with E-state index in [2.05, 4.69) is 11.9 Å². The molecule has 1 aromatic carbocycles. The highest BCUT2D eigenvalue weighted by molar-refractivity contribution is 5.42. The molecule has 0 bridgehead atoms. The number of rotatable bonds is 10. The van der Waals surface area contributed by atoms with Crippen LogP contribution in [0.2, 0.25) is 0 Å². The van der Waals surface area contributed by atoms with Crippen LogP contribution in [0, 0.1) is 0 Å². The summed E-state index contributed by atoms with van der Waals surface area (Å²) in [7, 11) is 3.35. The first-order chi connectivity index (χ1) is 9.31. The van der Waals surface area contributed by atoms with Gasteiger partial charge < -0.3 is 19.5 Å². The molecule has 0 heterocycles. The van der Waals surface area contributed by atoms with E-state index >= 15 is 0 Å². The van der Waals surface area contributed by atoms with Gasteiger partial charge in [-0.25, -0.2) is 0 Å². The van der Waals surface area contributed by atoms with Gasteiger partial charge in [0.05, 0.1) is 20.3 Å². The summed E-state index contributed by atoms with van der Waals surface area (Å²) in [6, 6.07) is 5.96. The maximum Gasteiger partial charge on any atom is 0.161 e. The van der Waals surface area contributed by atoms with Crippen molar-refractivity contribution in [3.8, 4) is 11.5 Å². The van der Waals surface area contributed by atoms with Crippen LogP contribution in [0.1, 0.15) is 12.0 Å². The van der Waals surface area contributed by atoms with E-state index in [1.165, 1.54) is 0 Å². The fraction of sp³-hybridized carbons (Fsp3) is 0.467. The number of hydrogen-bond acceptors (Lipinski definition) is 4. The van der Waals surface area contributed by atoms with E-state index in [9.17, 15) is 0 Å². The van der Waals surface area contributed by atoms with E-state index in [0.717, 1.165) is 36.6 Å². The second-order valence-electron chi connectivity index (χ2n) is 4.08. The first-order valence-corrected chi connectivity index (χ1v) is 6.42. The van der Waals surface area contributed by atoms with Crippen molar-refractivity contribution in [2.45, 2.75) is 13.0 Å². The van der Waals surface area contributed by atoms with Crippen LogP contribution in [0.15, 0.2) is 30.9 Å². The Bertz CT molecular complexity index is 380. The zero-order valence-corrected chi connectivity index (χ0v) is 11.8. The second-order valence-corrected chi connectivity index (χ2v) is 4.08. The van der Waals surface area contributed by atoms with Gasteiger partial charge in [-0.1, -0.05) is 12.1 Å². The molecule has 1 aromatic rings. The van der Waals surface area contributed by atoms with Crippen LogP contribution in [-0.2, 0) is 11.3 Å².